The van der Waals surface area contributed by atoms with Gasteiger partial charge in [0.05, 0.1) is 0 Å². The summed E-state index contributed by atoms with van der Waals surface area (Å²) in [6.07, 6.45) is 0.484. The Labute approximate surface area is 139 Å². The molecule has 0 saturated carbocycles. The van der Waals surface area contributed by atoms with E-state index in [0.717, 1.165) is 18.1 Å². The molecule has 0 aliphatic carbocycles. The van der Waals surface area contributed by atoms with Crippen molar-refractivity contribution in [3.05, 3.63) is 34.9 Å². The molecule has 2 amide bonds. The van der Waals surface area contributed by atoms with Gasteiger partial charge < -0.3 is 16.0 Å². The van der Waals surface area contributed by atoms with Gasteiger partial charge in [0.1, 0.15) is 0 Å². The maximum absolute atomic E-state index is 11.8. The van der Waals surface area contributed by atoms with E-state index in [4.69, 9.17) is 11.6 Å². The zero-order valence-corrected chi connectivity index (χ0v) is 13.8. The molecule has 1 heterocycles. The Morgan fingerprint density at radius 3 is 2.64 bits per heavy atom. The first-order valence-corrected chi connectivity index (χ1v) is 8.80. The summed E-state index contributed by atoms with van der Waals surface area (Å²) < 4.78 is 0. The van der Waals surface area contributed by atoms with Crippen molar-refractivity contribution in [3.63, 3.8) is 0 Å². The smallest absolute Gasteiger partial charge is 0.251 e. The summed E-state index contributed by atoms with van der Waals surface area (Å²) in [7, 11) is 0. The number of hydrogen-bond acceptors (Lipinski definition) is 4. The van der Waals surface area contributed by atoms with Crippen molar-refractivity contribution >= 4 is 35.2 Å². The van der Waals surface area contributed by atoms with E-state index < -0.39 is 0 Å². The highest BCUT2D eigenvalue weighted by molar-refractivity contribution is 7.99. The lowest BCUT2D eigenvalue weighted by molar-refractivity contribution is -0.121. The van der Waals surface area contributed by atoms with Gasteiger partial charge in [0, 0.05) is 54.2 Å². The van der Waals surface area contributed by atoms with Crippen LogP contribution in [0.1, 0.15) is 16.8 Å². The Kier molecular flexibility index (Phi) is 7.02. The predicted octanol–water partition coefficient (Wildman–Crippen LogP) is 1.28. The normalized spacial score (nSPS) is 17.8. The molecule has 3 N–H and O–H groups in total. The molecule has 0 bridgehead atoms. The van der Waals surface area contributed by atoms with Crippen LogP contribution in [0.4, 0.5) is 0 Å². The number of amides is 2. The molecule has 120 valence electrons. The van der Waals surface area contributed by atoms with Crippen LogP contribution in [-0.4, -0.2) is 49.0 Å². The fourth-order valence-electron chi connectivity index (χ4n) is 2.13. The van der Waals surface area contributed by atoms with Crippen LogP contribution < -0.4 is 16.0 Å². The number of hydrogen-bond donors (Lipinski definition) is 3. The molecular weight excluding hydrogens is 322 g/mol. The first-order valence-electron chi connectivity index (χ1n) is 7.27. The summed E-state index contributed by atoms with van der Waals surface area (Å²) in [6, 6.07) is 6.94. The highest BCUT2D eigenvalue weighted by Crippen LogP contribution is 2.10. The largest absolute Gasteiger partial charge is 0.354 e. The molecule has 0 radical (unpaired) electrons. The Morgan fingerprint density at radius 2 is 1.95 bits per heavy atom. The van der Waals surface area contributed by atoms with E-state index in [1.165, 1.54) is 0 Å². The second-order valence-electron chi connectivity index (χ2n) is 5.04. The number of rotatable bonds is 6. The summed E-state index contributed by atoms with van der Waals surface area (Å²) in [5, 5.41) is 9.50. The lowest BCUT2D eigenvalue weighted by Crippen LogP contribution is -2.42. The average molecular weight is 342 g/mol. The highest BCUT2D eigenvalue weighted by Gasteiger charge is 2.16. The van der Waals surface area contributed by atoms with Crippen LogP contribution in [0.3, 0.4) is 0 Å². The van der Waals surface area contributed by atoms with Crippen LogP contribution >= 0.6 is 23.4 Å². The van der Waals surface area contributed by atoms with Gasteiger partial charge in [0.25, 0.3) is 5.91 Å². The van der Waals surface area contributed by atoms with E-state index in [1.54, 1.807) is 24.3 Å². The van der Waals surface area contributed by atoms with E-state index >= 15 is 0 Å². The summed E-state index contributed by atoms with van der Waals surface area (Å²) >= 11 is 7.64. The number of halogens is 1. The van der Waals surface area contributed by atoms with Gasteiger partial charge in [-0.1, -0.05) is 11.6 Å². The van der Waals surface area contributed by atoms with Gasteiger partial charge in [-0.2, -0.15) is 11.8 Å². The molecule has 5 nitrogen and oxygen atoms in total. The third kappa shape index (κ3) is 5.87. The Hall–Kier alpha value is -1.24. The molecule has 1 atom stereocenters. The van der Waals surface area contributed by atoms with E-state index in [2.05, 4.69) is 16.0 Å². The summed E-state index contributed by atoms with van der Waals surface area (Å²) in [4.78, 5) is 23.6. The van der Waals surface area contributed by atoms with E-state index in [1.807, 2.05) is 11.8 Å². The molecule has 2 rings (SSSR count). The number of thioether (sulfide) groups is 1. The van der Waals surface area contributed by atoms with Crippen LogP contribution in [0, 0.1) is 0 Å². The van der Waals surface area contributed by atoms with Crippen molar-refractivity contribution in [2.75, 3.05) is 31.1 Å². The van der Waals surface area contributed by atoms with Gasteiger partial charge in [0.15, 0.2) is 0 Å². The second kappa shape index (κ2) is 9.02. The van der Waals surface area contributed by atoms with Crippen molar-refractivity contribution in [1.29, 1.82) is 0 Å². The Morgan fingerprint density at radius 1 is 1.23 bits per heavy atom. The minimum Gasteiger partial charge on any atom is -0.354 e. The Bertz CT molecular complexity index is 504. The second-order valence-corrected chi connectivity index (χ2v) is 6.63. The maximum Gasteiger partial charge on any atom is 0.251 e. The van der Waals surface area contributed by atoms with Crippen molar-refractivity contribution < 1.29 is 9.59 Å². The van der Waals surface area contributed by atoms with Crippen LogP contribution in [0.15, 0.2) is 24.3 Å². The van der Waals surface area contributed by atoms with Gasteiger partial charge in [-0.15, -0.1) is 0 Å². The summed E-state index contributed by atoms with van der Waals surface area (Å²) in [5.41, 5.74) is 0.555. The lowest BCUT2D eigenvalue weighted by atomic mass is 10.2. The fourth-order valence-corrected chi connectivity index (χ4v) is 3.20. The van der Waals surface area contributed by atoms with E-state index in [9.17, 15) is 9.59 Å². The molecular formula is C15H20ClN3O2S. The number of carbonyl (C=O) groups is 2. The van der Waals surface area contributed by atoms with Gasteiger partial charge >= 0.3 is 0 Å². The molecule has 1 fully saturated rings. The van der Waals surface area contributed by atoms with E-state index in [0.29, 0.717) is 30.1 Å². The first-order chi connectivity index (χ1) is 10.6. The quantitative estimate of drug-likeness (QED) is 0.682. The minimum absolute atomic E-state index is 0.0146. The molecule has 1 unspecified atom stereocenters. The lowest BCUT2D eigenvalue weighted by Gasteiger charge is -2.22. The van der Waals surface area contributed by atoms with Gasteiger partial charge in [0.2, 0.25) is 5.91 Å². The monoisotopic (exact) mass is 341 g/mol. The topological polar surface area (TPSA) is 70.2 Å². The van der Waals surface area contributed by atoms with Crippen molar-refractivity contribution in [2.24, 2.45) is 0 Å². The molecule has 22 heavy (non-hydrogen) atoms. The van der Waals surface area contributed by atoms with Gasteiger partial charge in [-0.05, 0) is 24.3 Å². The third-order valence-electron chi connectivity index (χ3n) is 3.27. The predicted molar refractivity (Wildman–Crippen MR) is 90.5 cm³/mol. The minimum atomic E-state index is -0.170. The molecule has 1 aliphatic rings. The summed E-state index contributed by atoms with van der Waals surface area (Å²) in [6.45, 7) is 1.79. The first kappa shape index (κ1) is 17.1. The Balaban J connectivity index is 1.61. The highest BCUT2D eigenvalue weighted by atomic mass is 35.5. The standard InChI is InChI=1S/C15H20ClN3O2S/c16-12-3-1-11(2-4-12)15(21)19-6-5-18-14(20)9-13-10-22-8-7-17-13/h1-4,13,17H,5-10H2,(H,18,20)(H,19,21). The summed E-state index contributed by atoms with van der Waals surface area (Å²) in [5.74, 6) is 1.92. The molecule has 0 spiro atoms. The van der Waals surface area contributed by atoms with Crippen LogP contribution in [-0.2, 0) is 4.79 Å². The SMILES string of the molecule is O=C(CC1CSCCN1)NCCNC(=O)c1ccc(Cl)cc1. The number of carbonyl (C=O) groups excluding carboxylic acids is 2. The van der Waals surface area contributed by atoms with Crippen LogP contribution in [0.2, 0.25) is 5.02 Å². The molecule has 1 saturated heterocycles. The van der Waals surface area contributed by atoms with Gasteiger partial charge in [-0.25, -0.2) is 0 Å². The number of benzene rings is 1. The molecule has 1 aromatic rings. The molecule has 0 aromatic heterocycles. The van der Waals surface area contributed by atoms with Crippen LogP contribution in [0.5, 0.6) is 0 Å². The van der Waals surface area contributed by atoms with Crippen molar-refractivity contribution in [2.45, 2.75) is 12.5 Å². The van der Waals surface area contributed by atoms with E-state index in [-0.39, 0.29) is 17.9 Å². The number of nitrogens with one attached hydrogen (secondary N) is 3. The molecule has 1 aromatic carbocycles. The fraction of sp³-hybridized carbons (Fsp3) is 0.467. The third-order valence-corrected chi connectivity index (χ3v) is 4.65. The average Bonchev–Trinajstić information content (AvgIpc) is 2.53. The van der Waals surface area contributed by atoms with Crippen LogP contribution in [0.25, 0.3) is 0 Å². The zero-order valence-electron chi connectivity index (χ0n) is 12.2. The van der Waals surface area contributed by atoms with Gasteiger partial charge in [-0.3, -0.25) is 9.59 Å². The zero-order chi connectivity index (χ0) is 15.8. The maximum atomic E-state index is 11.8. The van der Waals surface area contributed by atoms with Crippen molar-refractivity contribution in [1.82, 2.24) is 16.0 Å². The van der Waals surface area contributed by atoms with Crippen molar-refractivity contribution in [3.8, 4) is 0 Å². The molecule has 1 aliphatic heterocycles. The molecule has 7 heteroatoms.